The van der Waals surface area contributed by atoms with Crippen molar-refractivity contribution in [2.75, 3.05) is 13.1 Å². The first-order valence-corrected chi connectivity index (χ1v) is 7.80. The molecule has 1 aromatic heterocycles. The highest BCUT2D eigenvalue weighted by molar-refractivity contribution is 7.89. The largest absolute Gasteiger partial charge is 0.478 e. The molecule has 9 heteroatoms. The van der Waals surface area contributed by atoms with E-state index in [9.17, 15) is 18.3 Å². The fraction of sp³-hybridized carbons (Fsp3) is 0.636. The molecule has 0 amide bonds. The smallest absolute Gasteiger partial charge is 0.340 e. The van der Waals surface area contributed by atoms with E-state index in [1.54, 1.807) is 0 Å². The van der Waals surface area contributed by atoms with Gasteiger partial charge in [0.05, 0.1) is 12.3 Å². The van der Waals surface area contributed by atoms with Crippen molar-refractivity contribution >= 4 is 16.0 Å². The molecular formula is C11H15N3O5S. The number of carboxylic acid groups (broad SMARTS) is 1. The van der Waals surface area contributed by atoms with Gasteiger partial charge in [-0.15, -0.1) is 0 Å². The number of aliphatic hydroxyl groups excluding tert-OH is 1. The zero-order valence-corrected chi connectivity index (χ0v) is 11.4. The minimum atomic E-state index is -3.91. The van der Waals surface area contributed by atoms with Crippen LogP contribution in [0.5, 0.6) is 0 Å². The average molecular weight is 301 g/mol. The molecular weight excluding hydrogens is 286 g/mol. The summed E-state index contributed by atoms with van der Waals surface area (Å²) >= 11 is 0. The Morgan fingerprint density at radius 1 is 1.40 bits per heavy atom. The lowest BCUT2D eigenvalue weighted by atomic mass is 10.00. The zero-order valence-electron chi connectivity index (χ0n) is 10.6. The molecule has 20 heavy (non-hydrogen) atoms. The molecule has 3 unspecified atom stereocenters. The molecule has 2 heterocycles. The van der Waals surface area contributed by atoms with Gasteiger partial charge in [-0.25, -0.2) is 13.2 Å². The number of hydrogen-bond donors (Lipinski definition) is 3. The van der Waals surface area contributed by atoms with Crippen LogP contribution in [-0.4, -0.2) is 58.3 Å². The van der Waals surface area contributed by atoms with Gasteiger partial charge in [-0.05, 0) is 18.8 Å². The van der Waals surface area contributed by atoms with Crippen molar-refractivity contribution in [3.63, 3.8) is 0 Å². The molecule has 8 nitrogen and oxygen atoms in total. The molecule has 0 spiro atoms. The van der Waals surface area contributed by atoms with E-state index in [2.05, 4.69) is 10.2 Å². The third-order valence-electron chi connectivity index (χ3n) is 4.22. The van der Waals surface area contributed by atoms with E-state index >= 15 is 0 Å². The van der Waals surface area contributed by atoms with Gasteiger partial charge >= 0.3 is 5.97 Å². The Labute approximate surface area is 115 Å². The van der Waals surface area contributed by atoms with Crippen LogP contribution in [0.1, 0.15) is 23.2 Å². The Bertz CT molecular complexity index is 640. The highest BCUT2D eigenvalue weighted by Crippen LogP contribution is 2.40. The molecule has 2 fully saturated rings. The second-order valence-corrected chi connectivity index (χ2v) is 7.18. The number of carboxylic acids is 1. The van der Waals surface area contributed by atoms with Crippen molar-refractivity contribution in [2.24, 2.45) is 11.8 Å². The van der Waals surface area contributed by atoms with Gasteiger partial charge in [0.1, 0.15) is 5.56 Å². The number of fused-ring (bicyclic) bond motifs is 1. The monoisotopic (exact) mass is 301 g/mol. The number of nitrogens with zero attached hydrogens (tertiary/aromatic N) is 2. The summed E-state index contributed by atoms with van der Waals surface area (Å²) in [6, 6.07) is 0. The second kappa shape index (κ2) is 4.54. The van der Waals surface area contributed by atoms with Crippen LogP contribution >= 0.6 is 0 Å². The Hall–Kier alpha value is -1.45. The molecule has 1 saturated heterocycles. The van der Waals surface area contributed by atoms with Crippen molar-refractivity contribution < 1.29 is 23.4 Å². The van der Waals surface area contributed by atoms with E-state index < -0.39 is 22.1 Å². The predicted molar refractivity (Wildman–Crippen MR) is 66.5 cm³/mol. The maximum Gasteiger partial charge on any atom is 0.340 e. The van der Waals surface area contributed by atoms with Crippen molar-refractivity contribution in [1.29, 1.82) is 0 Å². The molecule has 0 aromatic carbocycles. The molecule has 110 valence electrons. The molecule has 3 atom stereocenters. The van der Waals surface area contributed by atoms with Crippen LogP contribution in [0.15, 0.2) is 11.2 Å². The number of aromatic carboxylic acids is 1. The van der Waals surface area contributed by atoms with Gasteiger partial charge in [-0.3, -0.25) is 5.10 Å². The summed E-state index contributed by atoms with van der Waals surface area (Å²) in [5.41, 5.74) is -0.359. The van der Waals surface area contributed by atoms with Gasteiger partial charge in [0.25, 0.3) is 10.0 Å². The summed E-state index contributed by atoms with van der Waals surface area (Å²) in [5.74, 6) is -1.24. The predicted octanol–water partition coefficient (Wildman–Crippen LogP) is -0.501. The summed E-state index contributed by atoms with van der Waals surface area (Å²) in [7, 11) is -3.91. The minimum Gasteiger partial charge on any atom is -0.478 e. The van der Waals surface area contributed by atoms with Crippen LogP contribution in [-0.2, 0) is 10.0 Å². The molecule has 3 N–H and O–H groups in total. The lowest BCUT2D eigenvalue weighted by Crippen LogP contribution is -2.32. The summed E-state index contributed by atoms with van der Waals surface area (Å²) in [5, 5.41) is 24.2. The number of rotatable bonds is 3. The van der Waals surface area contributed by atoms with E-state index in [-0.39, 0.29) is 29.0 Å². The third kappa shape index (κ3) is 1.93. The second-order valence-electron chi connectivity index (χ2n) is 5.31. The molecule has 0 radical (unpaired) electrons. The number of sulfonamides is 1. The highest BCUT2D eigenvalue weighted by atomic mass is 32.2. The topological polar surface area (TPSA) is 124 Å². The normalized spacial score (nSPS) is 30.6. The van der Waals surface area contributed by atoms with Crippen LogP contribution in [0.25, 0.3) is 0 Å². The lowest BCUT2D eigenvalue weighted by molar-refractivity contribution is 0.0692. The number of aromatic nitrogens is 2. The van der Waals surface area contributed by atoms with Gasteiger partial charge in [0.2, 0.25) is 0 Å². The van der Waals surface area contributed by atoms with Crippen LogP contribution in [0.3, 0.4) is 0 Å². The number of carbonyl (C=O) groups is 1. The van der Waals surface area contributed by atoms with Gasteiger partial charge in [-0.1, -0.05) is 0 Å². The third-order valence-corrected chi connectivity index (χ3v) is 6.02. The summed E-state index contributed by atoms with van der Waals surface area (Å²) in [6.07, 6.45) is 2.02. The van der Waals surface area contributed by atoms with Crippen LogP contribution in [0.4, 0.5) is 0 Å². The molecule has 3 rings (SSSR count). The van der Waals surface area contributed by atoms with Gasteiger partial charge in [0, 0.05) is 19.0 Å². The molecule has 1 aromatic rings. The average Bonchev–Trinajstić information content (AvgIpc) is 3.06. The Balaban J connectivity index is 1.90. The SMILES string of the molecule is O=C(O)c1cn[nH]c1S(=O)(=O)N1CC2CCC(O)C2C1. The molecule has 2 aliphatic rings. The molecule has 1 aliphatic carbocycles. The first kappa shape index (κ1) is 13.5. The highest BCUT2D eigenvalue weighted by Gasteiger charge is 2.46. The fourth-order valence-corrected chi connectivity index (χ4v) is 4.74. The Kier molecular flexibility index (Phi) is 3.07. The van der Waals surface area contributed by atoms with Crippen molar-refractivity contribution in [3.05, 3.63) is 11.8 Å². The Morgan fingerprint density at radius 3 is 2.80 bits per heavy atom. The van der Waals surface area contributed by atoms with Crippen LogP contribution in [0, 0.1) is 11.8 Å². The zero-order chi connectivity index (χ0) is 14.5. The quantitative estimate of drug-likeness (QED) is 0.691. The standard InChI is InChI=1S/C11H15N3O5S/c15-9-2-1-6-4-14(5-8(6)9)20(18,19)10-7(11(16)17)3-12-13-10/h3,6,8-9,15H,1-2,4-5H2,(H,12,13)(H,16,17). The number of aromatic amines is 1. The lowest BCUT2D eigenvalue weighted by Gasteiger charge is -2.17. The van der Waals surface area contributed by atoms with Crippen molar-refractivity contribution in [2.45, 2.75) is 24.0 Å². The van der Waals surface area contributed by atoms with E-state index in [0.717, 1.165) is 12.6 Å². The van der Waals surface area contributed by atoms with Gasteiger partial charge < -0.3 is 10.2 Å². The summed E-state index contributed by atoms with van der Waals surface area (Å²) in [6.45, 7) is 0.550. The molecule has 1 aliphatic heterocycles. The van der Waals surface area contributed by atoms with Gasteiger partial charge in [0.15, 0.2) is 5.03 Å². The van der Waals surface area contributed by atoms with E-state index in [0.29, 0.717) is 13.0 Å². The van der Waals surface area contributed by atoms with Gasteiger partial charge in [-0.2, -0.15) is 9.40 Å². The fourth-order valence-electron chi connectivity index (χ4n) is 3.14. The maximum atomic E-state index is 12.5. The molecule has 1 saturated carbocycles. The minimum absolute atomic E-state index is 0.0547. The maximum absolute atomic E-state index is 12.5. The Morgan fingerprint density at radius 2 is 2.15 bits per heavy atom. The number of H-pyrrole nitrogens is 1. The van der Waals surface area contributed by atoms with Crippen molar-refractivity contribution in [1.82, 2.24) is 14.5 Å². The molecule has 0 bridgehead atoms. The first-order valence-electron chi connectivity index (χ1n) is 6.36. The first-order chi connectivity index (χ1) is 9.41. The summed E-state index contributed by atoms with van der Waals surface area (Å²) in [4.78, 5) is 11.0. The van der Waals surface area contributed by atoms with E-state index in [4.69, 9.17) is 5.11 Å². The van der Waals surface area contributed by atoms with Crippen LogP contribution < -0.4 is 0 Å². The number of aliphatic hydroxyl groups is 1. The van der Waals surface area contributed by atoms with E-state index in [1.165, 1.54) is 4.31 Å². The van der Waals surface area contributed by atoms with Crippen molar-refractivity contribution in [3.8, 4) is 0 Å². The number of nitrogens with one attached hydrogen (secondary N) is 1. The number of hydrogen-bond acceptors (Lipinski definition) is 5. The van der Waals surface area contributed by atoms with E-state index in [1.807, 2.05) is 0 Å². The summed E-state index contributed by atoms with van der Waals surface area (Å²) < 4.78 is 26.2. The van der Waals surface area contributed by atoms with Crippen LogP contribution in [0.2, 0.25) is 0 Å².